The van der Waals surface area contributed by atoms with Crippen molar-refractivity contribution in [3.63, 3.8) is 0 Å². The van der Waals surface area contributed by atoms with E-state index in [0.717, 1.165) is 94.0 Å². The first kappa shape index (κ1) is 42.3. The number of para-hydroxylation sites is 4. The van der Waals surface area contributed by atoms with Crippen LogP contribution in [0, 0.1) is 0 Å². The third-order valence-corrected chi connectivity index (χ3v) is 14.1. The van der Waals surface area contributed by atoms with E-state index in [-0.39, 0.29) is 0 Å². The smallest absolute Gasteiger partial charge is 0.309 e. The highest BCUT2D eigenvalue weighted by molar-refractivity contribution is 6.14. The highest BCUT2D eigenvalue weighted by atomic mass is 19.4. The predicted octanol–water partition coefficient (Wildman–Crippen LogP) is 16.8. The number of halogens is 3. The van der Waals surface area contributed by atoms with Crippen LogP contribution in [0.25, 0.3) is 128 Å². The lowest BCUT2D eigenvalue weighted by Crippen LogP contribution is -2.05. The van der Waals surface area contributed by atoms with Crippen molar-refractivity contribution in [2.45, 2.75) is 6.18 Å². The summed E-state index contributed by atoms with van der Waals surface area (Å²) >= 11 is 0. The van der Waals surface area contributed by atoms with Crippen molar-refractivity contribution in [3.8, 4) is 62.4 Å². The second kappa shape index (κ2) is 16.5. The molecule has 0 aliphatic heterocycles. The maximum atomic E-state index is 14.4. The molecule has 9 heteroatoms. The van der Waals surface area contributed by atoms with Crippen LogP contribution in [-0.4, -0.2) is 28.7 Å². The van der Waals surface area contributed by atoms with E-state index < -0.39 is 11.7 Å². The van der Waals surface area contributed by atoms with E-state index in [1.54, 1.807) is 6.07 Å². The zero-order valence-corrected chi connectivity index (χ0v) is 38.8. The predicted molar refractivity (Wildman–Crippen MR) is 290 cm³/mol. The molecule has 0 saturated carbocycles. The first-order chi connectivity index (χ1) is 35.8. The van der Waals surface area contributed by atoms with Crippen LogP contribution < -0.4 is 0 Å². The lowest BCUT2D eigenvalue weighted by Gasteiger charge is -2.18. The van der Waals surface area contributed by atoms with Gasteiger partial charge in [0.25, 0.3) is 0 Å². The molecule has 0 amide bonds. The van der Waals surface area contributed by atoms with Gasteiger partial charge in [0.05, 0.1) is 44.4 Å². The standard InChI is InChI=1S/C64H39F3N6/c65-64(66,67)44-21-15-20-42(36-44)43-30-33-53(63-69-61(40-16-3-1-4-17-40)68-62(70-63)41-18-5-2-6-19-41)58(37-43)73-59-38-45(71-54-26-11-7-22-47(54)48-23-8-12-27-55(48)71)31-34-51(59)52-35-32-46(39-60(52)73)72-56-28-13-9-24-49(56)50-25-10-14-29-57(50)72/h1-39H. The number of fused-ring (bicyclic) bond motifs is 9. The van der Waals surface area contributed by atoms with Crippen LogP contribution in [0.1, 0.15) is 5.56 Å². The molecule has 346 valence electrons. The number of aromatic nitrogens is 6. The fraction of sp³-hybridized carbons (Fsp3) is 0.0156. The Morgan fingerprint density at radius 2 is 0.685 bits per heavy atom. The molecule has 4 aromatic heterocycles. The molecule has 0 fully saturated rings. The van der Waals surface area contributed by atoms with E-state index in [0.29, 0.717) is 39.9 Å². The average Bonchev–Trinajstić information content (AvgIpc) is 4.08. The van der Waals surface area contributed by atoms with Gasteiger partial charge in [0.15, 0.2) is 17.5 Å². The highest BCUT2D eigenvalue weighted by Crippen LogP contribution is 2.43. The topological polar surface area (TPSA) is 53.5 Å². The molecule has 0 saturated heterocycles. The van der Waals surface area contributed by atoms with Crippen molar-refractivity contribution in [3.05, 3.63) is 242 Å². The molecular weight excluding hydrogens is 910 g/mol. The minimum atomic E-state index is -4.54. The molecule has 73 heavy (non-hydrogen) atoms. The number of alkyl halides is 3. The minimum Gasteiger partial charge on any atom is -0.309 e. The number of benzene rings is 10. The monoisotopic (exact) mass is 948 g/mol. The van der Waals surface area contributed by atoms with E-state index in [1.165, 1.54) is 12.1 Å². The zero-order valence-electron chi connectivity index (χ0n) is 38.8. The normalized spacial score (nSPS) is 12.0. The second-order valence-corrected chi connectivity index (χ2v) is 18.3. The number of rotatable bonds is 7. The summed E-state index contributed by atoms with van der Waals surface area (Å²) < 4.78 is 50.2. The molecular formula is C64H39F3N6. The van der Waals surface area contributed by atoms with Gasteiger partial charge >= 0.3 is 6.18 Å². The Kier molecular flexibility index (Phi) is 9.56. The molecule has 14 aromatic rings. The van der Waals surface area contributed by atoms with Crippen LogP contribution in [-0.2, 0) is 6.18 Å². The third-order valence-electron chi connectivity index (χ3n) is 14.1. The summed E-state index contributed by atoms with van der Waals surface area (Å²) in [6.07, 6.45) is -4.54. The van der Waals surface area contributed by atoms with Crippen molar-refractivity contribution in [1.29, 1.82) is 0 Å². The van der Waals surface area contributed by atoms with Gasteiger partial charge in [-0.05, 0) is 83.9 Å². The summed E-state index contributed by atoms with van der Waals surface area (Å²) in [4.78, 5) is 15.5. The molecule has 0 spiro atoms. The average molecular weight is 949 g/mol. The molecule has 0 bridgehead atoms. The van der Waals surface area contributed by atoms with Gasteiger partial charge in [0, 0.05) is 60.4 Å². The summed E-state index contributed by atoms with van der Waals surface area (Å²) in [6.45, 7) is 0. The van der Waals surface area contributed by atoms with Crippen LogP contribution in [0.5, 0.6) is 0 Å². The molecule has 0 atom stereocenters. The van der Waals surface area contributed by atoms with Crippen molar-refractivity contribution in [2.24, 2.45) is 0 Å². The fourth-order valence-corrected chi connectivity index (χ4v) is 10.8. The summed E-state index contributed by atoms with van der Waals surface area (Å²) in [5.41, 5.74) is 11.2. The summed E-state index contributed by atoms with van der Waals surface area (Å²) in [7, 11) is 0. The Hall–Kier alpha value is -9.60. The Labute approximate surface area is 416 Å². The van der Waals surface area contributed by atoms with Crippen molar-refractivity contribution >= 4 is 65.4 Å². The SMILES string of the molecule is FC(F)(F)c1cccc(-c2ccc(-c3nc(-c4ccccc4)nc(-c4ccccc4)n3)c(-n3c4cc(-n5c6ccccc6c6ccccc65)ccc4c4ccc(-n5c6ccccc6c6ccccc65)cc43)c2)c1. The lowest BCUT2D eigenvalue weighted by atomic mass is 9.99. The molecule has 6 nitrogen and oxygen atoms in total. The van der Waals surface area contributed by atoms with Gasteiger partial charge in [-0.1, -0.05) is 164 Å². The first-order valence-corrected chi connectivity index (χ1v) is 24.1. The summed E-state index contributed by atoms with van der Waals surface area (Å²) in [6, 6.07) is 77.9. The highest BCUT2D eigenvalue weighted by Gasteiger charge is 2.31. The van der Waals surface area contributed by atoms with Crippen LogP contribution in [0.4, 0.5) is 13.2 Å². The molecule has 0 unspecified atom stereocenters. The van der Waals surface area contributed by atoms with E-state index in [9.17, 15) is 13.2 Å². The summed E-state index contributed by atoms with van der Waals surface area (Å²) in [5.74, 6) is 1.38. The Bertz CT molecular complexity index is 4160. The lowest BCUT2D eigenvalue weighted by molar-refractivity contribution is -0.137. The van der Waals surface area contributed by atoms with E-state index in [4.69, 9.17) is 15.0 Å². The van der Waals surface area contributed by atoms with Gasteiger partial charge in [0.2, 0.25) is 0 Å². The van der Waals surface area contributed by atoms with Crippen molar-refractivity contribution in [1.82, 2.24) is 28.7 Å². The number of hydrogen-bond donors (Lipinski definition) is 0. The van der Waals surface area contributed by atoms with E-state index in [1.807, 2.05) is 78.9 Å². The number of nitrogens with zero attached hydrogens (tertiary/aromatic N) is 6. The van der Waals surface area contributed by atoms with Gasteiger partial charge in [-0.2, -0.15) is 13.2 Å². The molecule has 4 heterocycles. The van der Waals surface area contributed by atoms with Crippen LogP contribution in [0.3, 0.4) is 0 Å². The Morgan fingerprint density at radius 3 is 1.15 bits per heavy atom. The Morgan fingerprint density at radius 1 is 0.288 bits per heavy atom. The van der Waals surface area contributed by atoms with Gasteiger partial charge in [-0.15, -0.1) is 0 Å². The third kappa shape index (κ3) is 6.92. The summed E-state index contributed by atoms with van der Waals surface area (Å²) in [5, 5.41) is 6.56. The zero-order chi connectivity index (χ0) is 48.8. The second-order valence-electron chi connectivity index (χ2n) is 18.3. The van der Waals surface area contributed by atoms with Crippen molar-refractivity contribution < 1.29 is 13.2 Å². The van der Waals surface area contributed by atoms with Gasteiger partial charge in [-0.25, -0.2) is 15.0 Å². The van der Waals surface area contributed by atoms with Crippen LogP contribution in [0.2, 0.25) is 0 Å². The maximum Gasteiger partial charge on any atom is 0.416 e. The number of hydrogen-bond acceptors (Lipinski definition) is 3. The van der Waals surface area contributed by atoms with Gasteiger partial charge in [-0.3, -0.25) is 0 Å². The van der Waals surface area contributed by atoms with Crippen molar-refractivity contribution in [2.75, 3.05) is 0 Å². The maximum absolute atomic E-state index is 14.4. The quantitative estimate of drug-likeness (QED) is 0.160. The molecule has 10 aromatic carbocycles. The van der Waals surface area contributed by atoms with E-state index in [2.05, 4.69) is 147 Å². The van der Waals surface area contributed by atoms with Gasteiger partial charge < -0.3 is 13.7 Å². The molecule has 0 aliphatic carbocycles. The van der Waals surface area contributed by atoms with Crippen LogP contribution in [0.15, 0.2) is 237 Å². The van der Waals surface area contributed by atoms with E-state index >= 15 is 0 Å². The Balaban J connectivity index is 1.12. The first-order valence-electron chi connectivity index (χ1n) is 24.1. The van der Waals surface area contributed by atoms with Gasteiger partial charge in [0.1, 0.15) is 0 Å². The minimum absolute atomic E-state index is 0.408. The molecule has 14 rings (SSSR count). The fourth-order valence-electron chi connectivity index (χ4n) is 10.8. The van der Waals surface area contributed by atoms with Crippen LogP contribution >= 0.6 is 0 Å². The molecule has 0 N–H and O–H groups in total. The molecule has 0 aliphatic rings. The largest absolute Gasteiger partial charge is 0.416 e. The molecule has 0 radical (unpaired) electrons.